The van der Waals surface area contributed by atoms with Gasteiger partial charge in [0.15, 0.2) is 0 Å². The number of rotatable bonds is 3. The molecule has 0 spiro atoms. The summed E-state index contributed by atoms with van der Waals surface area (Å²) in [6.45, 7) is 1.09. The number of halogens is 3. The van der Waals surface area contributed by atoms with Crippen LogP contribution in [0.2, 0.25) is 10.0 Å². The third-order valence-electron chi connectivity index (χ3n) is 2.44. The van der Waals surface area contributed by atoms with E-state index < -0.39 is 11.6 Å². The van der Waals surface area contributed by atoms with Crippen LogP contribution in [0.15, 0.2) is 30.9 Å². The van der Waals surface area contributed by atoms with Gasteiger partial charge in [0, 0.05) is 10.6 Å². The Kier molecular flexibility index (Phi) is 3.36. The van der Waals surface area contributed by atoms with Crippen LogP contribution in [0.1, 0.15) is 17.3 Å². The van der Waals surface area contributed by atoms with Crippen molar-refractivity contribution in [3.05, 3.63) is 46.5 Å². The van der Waals surface area contributed by atoms with Gasteiger partial charge in [-0.05, 0) is 25.1 Å². The minimum atomic E-state index is -2.35. The monoisotopic (exact) mass is 287 g/mol. The second-order valence-electron chi connectivity index (χ2n) is 3.75. The van der Waals surface area contributed by atoms with E-state index in [-0.39, 0.29) is 10.6 Å². The number of nitrogens with zero attached hydrogens (tertiary/aromatic N) is 3. The molecule has 2 aromatic rings. The SMILES string of the molecule is CC(F)(C(=O)c1ccc(Cl)cc1Cl)n1cncn1. The standard InChI is InChI=1S/C11H8Cl2FN3O/c1-11(14,17-6-15-5-16-17)10(18)8-3-2-7(12)4-9(8)13/h2-6H,1H3. The van der Waals surface area contributed by atoms with Crippen LogP contribution in [-0.4, -0.2) is 20.5 Å². The summed E-state index contributed by atoms with van der Waals surface area (Å²) >= 11 is 11.6. The highest BCUT2D eigenvalue weighted by atomic mass is 35.5. The number of hydrogen-bond acceptors (Lipinski definition) is 3. The van der Waals surface area contributed by atoms with Gasteiger partial charge >= 0.3 is 0 Å². The summed E-state index contributed by atoms with van der Waals surface area (Å²) in [5, 5.41) is 4.09. The molecule has 0 saturated heterocycles. The van der Waals surface area contributed by atoms with Gasteiger partial charge in [-0.25, -0.2) is 14.1 Å². The summed E-state index contributed by atoms with van der Waals surface area (Å²) in [6.07, 6.45) is 2.27. The Bertz CT molecular complexity index is 584. The van der Waals surface area contributed by atoms with E-state index in [0.717, 1.165) is 24.3 Å². The zero-order valence-electron chi connectivity index (χ0n) is 9.27. The number of Topliss-reactive ketones (excluding diaryl/α,β-unsaturated/α-hetero) is 1. The van der Waals surface area contributed by atoms with Crippen LogP contribution in [0, 0.1) is 0 Å². The largest absolute Gasteiger partial charge is 0.288 e. The molecule has 0 radical (unpaired) electrons. The molecule has 0 bridgehead atoms. The number of benzene rings is 1. The number of hydrogen-bond donors (Lipinski definition) is 0. The highest BCUT2D eigenvalue weighted by Crippen LogP contribution is 2.28. The first-order chi connectivity index (χ1) is 8.43. The van der Waals surface area contributed by atoms with Crippen molar-refractivity contribution >= 4 is 29.0 Å². The normalized spacial score (nSPS) is 14.2. The Morgan fingerprint density at radius 1 is 1.44 bits per heavy atom. The van der Waals surface area contributed by atoms with Gasteiger partial charge in [0.1, 0.15) is 12.7 Å². The zero-order valence-corrected chi connectivity index (χ0v) is 10.8. The van der Waals surface area contributed by atoms with E-state index in [0.29, 0.717) is 5.02 Å². The molecule has 1 aromatic carbocycles. The fourth-order valence-electron chi connectivity index (χ4n) is 1.45. The number of alkyl halides is 1. The molecular formula is C11H8Cl2FN3O. The molecule has 0 fully saturated rings. The number of carbonyl (C=O) groups excluding carboxylic acids is 1. The van der Waals surface area contributed by atoms with Crippen LogP contribution in [-0.2, 0) is 5.79 Å². The summed E-state index contributed by atoms with van der Waals surface area (Å²) in [5.74, 6) is -3.16. The average Bonchev–Trinajstić information content (AvgIpc) is 2.82. The number of carbonyl (C=O) groups is 1. The van der Waals surface area contributed by atoms with Gasteiger partial charge in [0.25, 0.3) is 5.79 Å². The fourth-order valence-corrected chi connectivity index (χ4v) is 1.94. The van der Waals surface area contributed by atoms with Crippen LogP contribution in [0.4, 0.5) is 4.39 Å². The molecule has 1 atom stereocenters. The van der Waals surface area contributed by atoms with E-state index in [1.807, 2.05) is 0 Å². The van der Waals surface area contributed by atoms with Crippen LogP contribution in [0.3, 0.4) is 0 Å². The molecule has 0 aliphatic rings. The maximum absolute atomic E-state index is 14.4. The van der Waals surface area contributed by atoms with Gasteiger partial charge in [-0.2, -0.15) is 5.10 Å². The summed E-state index contributed by atoms with van der Waals surface area (Å²) in [6, 6.07) is 4.23. The molecule has 0 aliphatic carbocycles. The third kappa shape index (κ3) is 2.23. The lowest BCUT2D eigenvalue weighted by molar-refractivity contribution is 0.0459. The van der Waals surface area contributed by atoms with Gasteiger partial charge in [-0.3, -0.25) is 4.79 Å². The van der Waals surface area contributed by atoms with Gasteiger partial charge in [-0.15, -0.1) is 0 Å². The molecule has 1 aromatic heterocycles. The van der Waals surface area contributed by atoms with E-state index in [4.69, 9.17) is 23.2 Å². The first kappa shape index (κ1) is 13.0. The number of aromatic nitrogens is 3. The lowest BCUT2D eigenvalue weighted by atomic mass is 10.0. The summed E-state index contributed by atoms with van der Waals surface area (Å²) < 4.78 is 15.3. The molecule has 4 nitrogen and oxygen atoms in total. The van der Waals surface area contributed by atoms with Crippen molar-refractivity contribution < 1.29 is 9.18 Å². The van der Waals surface area contributed by atoms with E-state index in [1.54, 1.807) is 0 Å². The molecule has 18 heavy (non-hydrogen) atoms. The second-order valence-corrected chi connectivity index (χ2v) is 4.59. The maximum atomic E-state index is 14.4. The summed E-state index contributed by atoms with van der Waals surface area (Å²) in [4.78, 5) is 15.7. The summed E-state index contributed by atoms with van der Waals surface area (Å²) in [7, 11) is 0. The predicted octanol–water partition coefficient (Wildman–Crippen LogP) is 3.11. The highest BCUT2D eigenvalue weighted by molar-refractivity contribution is 6.37. The Hall–Kier alpha value is -1.46. The quantitative estimate of drug-likeness (QED) is 0.815. The summed E-state index contributed by atoms with van der Waals surface area (Å²) in [5.41, 5.74) is 0.0431. The highest BCUT2D eigenvalue weighted by Gasteiger charge is 2.37. The first-order valence-corrected chi connectivity index (χ1v) is 5.72. The van der Waals surface area contributed by atoms with Crippen molar-refractivity contribution in [1.29, 1.82) is 0 Å². The lowest BCUT2D eigenvalue weighted by Crippen LogP contribution is -2.35. The molecule has 7 heteroatoms. The molecule has 1 unspecified atom stereocenters. The maximum Gasteiger partial charge on any atom is 0.262 e. The second kappa shape index (κ2) is 4.66. The Labute approximate surface area is 112 Å². The molecule has 94 valence electrons. The molecule has 0 saturated carbocycles. The zero-order chi connectivity index (χ0) is 13.3. The topological polar surface area (TPSA) is 47.8 Å². The smallest absolute Gasteiger partial charge is 0.262 e. The third-order valence-corrected chi connectivity index (χ3v) is 2.99. The van der Waals surface area contributed by atoms with Crippen molar-refractivity contribution in [2.45, 2.75) is 12.7 Å². The van der Waals surface area contributed by atoms with Crippen molar-refractivity contribution in [1.82, 2.24) is 14.8 Å². The predicted molar refractivity (Wildman–Crippen MR) is 65.6 cm³/mol. The van der Waals surface area contributed by atoms with Crippen molar-refractivity contribution in [3.8, 4) is 0 Å². The van der Waals surface area contributed by atoms with E-state index in [9.17, 15) is 9.18 Å². The van der Waals surface area contributed by atoms with Crippen molar-refractivity contribution in [3.63, 3.8) is 0 Å². The Morgan fingerprint density at radius 3 is 2.72 bits per heavy atom. The van der Waals surface area contributed by atoms with Crippen LogP contribution in [0.5, 0.6) is 0 Å². The first-order valence-electron chi connectivity index (χ1n) is 4.97. The molecule has 0 aliphatic heterocycles. The fraction of sp³-hybridized carbons (Fsp3) is 0.182. The van der Waals surface area contributed by atoms with E-state index in [2.05, 4.69) is 10.1 Å². The molecular weight excluding hydrogens is 280 g/mol. The van der Waals surface area contributed by atoms with Crippen molar-refractivity contribution in [2.75, 3.05) is 0 Å². The van der Waals surface area contributed by atoms with Gasteiger partial charge in [0.2, 0.25) is 5.78 Å². The minimum Gasteiger partial charge on any atom is -0.288 e. The molecule has 0 amide bonds. The van der Waals surface area contributed by atoms with Crippen LogP contribution >= 0.6 is 23.2 Å². The van der Waals surface area contributed by atoms with Crippen LogP contribution < -0.4 is 0 Å². The van der Waals surface area contributed by atoms with Crippen molar-refractivity contribution in [2.24, 2.45) is 0 Å². The Balaban J connectivity index is 2.42. The van der Waals surface area contributed by atoms with Gasteiger partial charge in [0.05, 0.1) is 5.02 Å². The Morgan fingerprint density at radius 2 is 2.17 bits per heavy atom. The number of ketones is 1. The van der Waals surface area contributed by atoms with E-state index in [1.165, 1.54) is 18.2 Å². The molecule has 0 N–H and O–H groups in total. The van der Waals surface area contributed by atoms with Gasteiger partial charge in [-0.1, -0.05) is 23.2 Å². The molecule has 1 heterocycles. The molecule has 2 rings (SSSR count). The van der Waals surface area contributed by atoms with Crippen LogP contribution in [0.25, 0.3) is 0 Å². The average molecular weight is 288 g/mol. The van der Waals surface area contributed by atoms with Gasteiger partial charge < -0.3 is 0 Å². The lowest BCUT2D eigenvalue weighted by Gasteiger charge is -2.19. The van der Waals surface area contributed by atoms with E-state index >= 15 is 0 Å². The minimum absolute atomic E-state index is 0.0431.